The highest BCUT2D eigenvalue weighted by Gasteiger charge is 2.03. The molecular formula is C13H15NO. The van der Waals surface area contributed by atoms with Gasteiger partial charge in [-0.05, 0) is 18.6 Å². The lowest BCUT2D eigenvalue weighted by Gasteiger charge is -1.97. The van der Waals surface area contributed by atoms with Gasteiger partial charge in [-0.3, -0.25) is 4.79 Å². The summed E-state index contributed by atoms with van der Waals surface area (Å²) in [6.07, 6.45) is 3.08. The third kappa shape index (κ3) is 3.47. The van der Waals surface area contributed by atoms with Crippen molar-refractivity contribution in [1.29, 1.82) is 0 Å². The summed E-state index contributed by atoms with van der Waals surface area (Å²) in [5, 5.41) is 0. The molecule has 0 bridgehead atoms. The van der Waals surface area contributed by atoms with E-state index in [1.54, 1.807) is 12.1 Å². The molecule has 1 rings (SSSR count). The molecule has 15 heavy (non-hydrogen) atoms. The van der Waals surface area contributed by atoms with Crippen LogP contribution in [0, 0.1) is 11.8 Å². The summed E-state index contributed by atoms with van der Waals surface area (Å²) in [5.74, 6) is 5.60. The number of primary amides is 1. The van der Waals surface area contributed by atoms with Crippen LogP contribution in [0.1, 0.15) is 42.1 Å². The van der Waals surface area contributed by atoms with E-state index in [0.717, 1.165) is 24.8 Å². The second-order valence-corrected chi connectivity index (χ2v) is 3.32. The lowest BCUT2D eigenvalue weighted by Crippen LogP contribution is -2.12. The maximum Gasteiger partial charge on any atom is 0.249 e. The summed E-state index contributed by atoms with van der Waals surface area (Å²) >= 11 is 0. The lowest BCUT2D eigenvalue weighted by molar-refractivity contribution is 0.1000. The van der Waals surface area contributed by atoms with Crippen molar-refractivity contribution in [1.82, 2.24) is 0 Å². The molecule has 0 saturated heterocycles. The third-order valence-electron chi connectivity index (χ3n) is 2.07. The molecule has 0 spiro atoms. The topological polar surface area (TPSA) is 43.1 Å². The Labute approximate surface area is 90.5 Å². The second kappa shape index (κ2) is 5.87. The minimum atomic E-state index is -0.421. The molecule has 1 aromatic carbocycles. The minimum Gasteiger partial charge on any atom is -0.366 e. The molecule has 0 fully saturated rings. The molecule has 0 aromatic heterocycles. The molecule has 1 aromatic rings. The number of hydrogen-bond donors (Lipinski definition) is 1. The molecule has 2 nitrogen and oxygen atoms in total. The van der Waals surface area contributed by atoms with Gasteiger partial charge in [-0.1, -0.05) is 37.3 Å². The Balaban J connectivity index is 2.83. The quantitative estimate of drug-likeness (QED) is 0.592. The van der Waals surface area contributed by atoms with Crippen LogP contribution >= 0.6 is 0 Å². The van der Waals surface area contributed by atoms with E-state index in [1.807, 2.05) is 12.1 Å². The number of benzene rings is 1. The normalized spacial score (nSPS) is 9.13. The van der Waals surface area contributed by atoms with Gasteiger partial charge in [-0.2, -0.15) is 0 Å². The molecule has 0 saturated carbocycles. The third-order valence-corrected chi connectivity index (χ3v) is 2.07. The predicted molar refractivity (Wildman–Crippen MR) is 61.4 cm³/mol. The van der Waals surface area contributed by atoms with Crippen LogP contribution < -0.4 is 5.73 Å². The molecule has 2 heteroatoms. The summed E-state index contributed by atoms with van der Waals surface area (Å²) in [6, 6.07) is 7.17. The van der Waals surface area contributed by atoms with Crippen LogP contribution in [-0.2, 0) is 0 Å². The van der Waals surface area contributed by atoms with Gasteiger partial charge in [0.15, 0.2) is 0 Å². The molecule has 1 amide bonds. The summed E-state index contributed by atoms with van der Waals surface area (Å²) in [4.78, 5) is 11.1. The molecule has 0 atom stereocenters. The summed E-state index contributed by atoms with van der Waals surface area (Å²) in [5.41, 5.74) is 6.46. The lowest BCUT2D eigenvalue weighted by atomic mass is 10.1. The number of carbonyl (C=O) groups is 1. The highest BCUT2D eigenvalue weighted by molar-refractivity contribution is 5.95. The van der Waals surface area contributed by atoms with Gasteiger partial charge in [0.25, 0.3) is 0 Å². The Morgan fingerprint density at radius 1 is 1.40 bits per heavy atom. The van der Waals surface area contributed by atoms with E-state index in [0.29, 0.717) is 5.56 Å². The first-order valence-corrected chi connectivity index (χ1v) is 5.13. The number of hydrogen-bond acceptors (Lipinski definition) is 1. The molecule has 0 aliphatic heterocycles. The maximum atomic E-state index is 11.1. The molecule has 0 radical (unpaired) electrons. The van der Waals surface area contributed by atoms with Gasteiger partial charge >= 0.3 is 0 Å². The highest BCUT2D eigenvalue weighted by Crippen LogP contribution is 2.06. The van der Waals surface area contributed by atoms with Crippen LogP contribution in [0.4, 0.5) is 0 Å². The molecule has 0 aliphatic carbocycles. The molecule has 0 unspecified atom stereocenters. The molecular weight excluding hydrogens is 186 g/mol. The average Bonchev–Trinajstić information content (AvgIpc) is 2.25. The van der Waals surface area contributed by atoms with E-state index in [1.165, 1.54) is 0 Å². The second-order valence-electron chi connectivity index (χ2n) is 3.32. The Morgan fingerprint density at radius 3 is 2.80 bits per heavy atom. The number of nitrogens with two attached hydrogens (primary N) is 1. The van der Waals surface area contributed by atoms with E-state index < -0.39 is 5.91 Å². The fourth-order valence-electron chi connectivity index (χ4n) is 1.23. The number of unbranched alkanes of at least 4 members (excludes halogenated alkanes) is 2. The fourth-order valence-corrected chi connectivity index (χ4v) is 1.23. The van der Waals surface area contributed by atoms with Crippen molar-refractivity contribution in [2.45, 2.75) is 26.2 Å². The predicted octanol–water partition coefficient (Wildman–Crippen LogP) is 2.33. The number of carbonyl (C=O) groups excluding carboxylic acids is 1. The van der Waals surface area contributed by atoms with Crippen molar-refractivity contribution in [2.24, 2.45) is 5.73 Å². The zero-order valence-corrected chi connectivity index (χ0v) is 8.92. The van der Waals surface area contributed by atoms with Crippen LogP contribution in [0.3, 0.4) is 0 Å². The molecule has 2 N–H and O–H groups in total. The van der Waals surface area contributed by atoms with Crippen LogP contribution in [0.25, 0.3) is 0 Å². The van der Waals surface area contributed by atoms with Gasteiger partial charge in [0.2, 0.25) is 5.91 Å². The van der Waals surface area contributed by atoms with Crippen molar-refractivity contribution in [3.05, 3.63) is 35.4 Å². The van der Waals surface area contributed by atoms with E-state index in [4.69, 9.17) is 5.73 Å². The average molecular weight is 201 g/mol. The van der Waals surface area contributed by atoms with Gasteiger partial charge in [0, 0.05) is 12.0 Å². The van der Waals surface area contributed by atoms with Crippen LogP contribution in [0.2, 0.25) is 0 Å². The zero-order chi connectivity index (χ0) is 11.1. The van der Waals surface area contributed by atoms with Crippen molar-refractivity contribution >= 4 is 5.91 Å². The molecule has 0 aliphatic rings. The van der Waals surface area contributed by atoms with E-state index in [-0.39, 0.29) is 0 Å². The summed E-state index contributed by atoms with van der Waals surface area (Å²) in [7, 11) is 0. The first kappa shape index (κ1) is 11.3. The Hall–Kier alpha value is -1.75. The van der Waals surface area contributed by atoms with Crippen molar-refractivity contribution in [2.75, 3.05) is 0 Å². The molecule has 0 heterocycles. The van der Waals surface area contributed by atoms with E-state index >= 15 is 0 Å². The molecule has 78 valence electrons. The summed E-state index contributed by atoms with van der Waals surface area (Å²) < 4.78 is 0. The standard InChI is InChI=1S/C13H15NO/c1-2-3-4-5-8-11-9-6-7-10-12(11)13(14)15/h6-7,9-10H,2-4H2,1H3,(H2,14,15). The van der Waals surface area contributed by atoms with Crippen molar-refractivity contribution < 1.29 is 4.79 Å². The van der Waals surface area contributed by atoms with E-state index in [2.05, 4.69) is 18.8 Å². The largest absolute Gasteiger partial charge is 0.366 e. The van der Waals surface area contributed by atoms with Gasteiger partial charge in [-0.15, -0.1) is 0 Å². The Bertz CT molecular complexity index is 398. The van der Waals surface area contributed by atoms with Crippen molar-refractivity contribution in [3.63, 3.8) is 0 Å². The van der Waals surface area contributed by atoms with E-state index in [9.17, 15) is 4.79 Å². The SMILES string of the molecule is CCCCC#Cc1ccccc1C(N)=O. The Kier molecular flexibility index (Phi) is 4.43. The monoisotopic (exact) mass is 201 g/mol. The smallest absolute Gasteiger partial charge is 0.249 e. The minimum absolute atomic E-state index is 0.421. The van der Waals surface area contributed by atoms with Crippen LogP contribution in [-0.4, -0.2) is 5.91 Å². The first-order chi connectivity index (χ1) is 7.25. The number of rotatable bonds is 3. The van der Waals surface area contributed by atoms with Gasteiger partial charge in [-0.25, -0.2) is 0 Å². The van der Waals surface area contributed by atoms with Crippen molar-refractivity contribution in [3.8, 4) is 11.8 Å². The first-order valence-electron chi connectivity index (χ1n) is 5.13. The van der Waals surface area contributed by atoms with Crippen LogP contribution in [0.5, 0.6) is 0 Å². The maximum absolute atomic E-state index is 11.1. The zero-order valence-electron chi connectivity index (χ0n) is 8.92. The summed E-state index contributed by atoms with van der Waals surface area (Å²) in [6.45, 7) is 2.12. The van der Waals surface area contributed by atoms with Gasteiger partial charge in [0.1, 0.15) is 0 Å². The Morgan fingerprint density at radius 2 is 2.13 bits per heavy atom. The fraction of sp³-hybridized carbons (Fsp3) is 0.308. The number of amides is 1. The van der Waals surface area contributed by atoms with Crippen LogP contribution in [0.15, 0.2) is 24.3 Å². The van der Waals surface area contributed by atoms with Gasteiger partial charge in [0.05, 0.1) is 5.56 Å². The van der Waals surface area contributed by atoms with Gasteiger partial charge < -0.3 is 5.73 Å². The highest BCUT2D eigenvalue weighted by atomic mass is 16.1.